The van der Waals surface area contributed by atoms with E-state index in [1.165, 1.54) is 31.4 Å². The van der Waals surface area contributed by atoms with Gasteiger partial charge in [0.1, 0.15) is 0 Å². The van der Waals surface area contributed by atoms with Crippen molar-refractivity contribution in [2.45, 2.75) is 6.18 Å². The topological polar surface area (TPSA) is 55.8 Å². The molecule has 21 heavy (non-hydrogen) atoms. The molecular weight excluding hydrogens is 289 g/mol. The summed E-state index contributed by atoms with van der Waals surface area (Å²) in [5.41, 5.74) is 0.0365. The van der Waals surface area contributed by atoms with Gasteiger partial charge in [0.25, 0.3) is 0 Å². The van der Waals surface area contributed by atoms with Gasteiger partial charge in [0.15, 0.2) is 18.1 Å². The lowest BCUT2D eigenvalue weighted by Gasteiger charge is -2.15. The van der Waals surface area contributed by atoms with Gasteiger partial charge in [-0.3, -0.25) is 0 Å². The maximum absolute atomic E-state index is 12.3. The molecule has 0 spiro atoms. The van der Waals surface area contributed by atoms with Crippen LogP contribution in [-0.4, -0.2) is 31.0 Å². The highest BCUT2D eigenvalue weighted by atomic mass is 19.4. The third kappa shape index (κ3) is 3.36. The molecule has 0 saturated carbocycles. The Bertz CT molecular complexity index is 680. The van der Waals surface area contributed by atoms with Crippen LogP contribution in [0.15, 0.2) is 30.3 Å². The first-order chi connectivity index (χ1) is 9.81. The van der Waals surface area contributed by atoms with E-state index in [1.54, 1.807) is 6.07 Å². The minimum absolute atomic E-state index is 0.0365. The Labute approximate surface area is 117 Å². The molecule has 0 unspecified atom stereocenters. The van der Waals surface area contributed by atoms with E-state index in [-0.39, 0.29) is 17.1 Å². The molecule has 0 aliphatic rings. The predicted molar refractivity (Wildman–Crippen MR) is 69.0 cm³/mol. The molecule has 0 bridgehead atoms. The van der Waals surface area contributed by atoms with E-state index < -0.39 is 18.8 Å². The molecule has 0 heterocycles. The molecule has 2 aromatic rings. The van der Waals surface area contributed by atoms with E-state index in [1.807, 2.05) is 0 Å². The second kappa shape index (κ2) is 5.51. The van der Waals surface area contributed by atoms with Crippen LogP contribution in [0.1, 0.15) is 10.4 Å². The zero-order chi connectivity index (χ0) is 15.6. The predicted octanol–water partition coefficient (Wildman–Crippen LogP) is 3.49. The number of alkyl halides is 3. The molecule has 0 aliphatic heterocycles. The van der Waals surface area contributed by atoms with Crippen molar-refractivity contribution in [3.63, 3.8) is 0 Å². The average molecular weight is 300 g/mol. The Morgan fingerprint density at radius 1 is 1.24 bits per heavy atom. The molecule has 0 aliphatic carbocycles. The fraction of sp³-hybridized carbons (Fsp3) is 0.214. The highest BCUT2D eigenvalue weighted by Crippen LogP contribution is 2.36. The van der Waals surface area contributed by atoms with Gasteiger partial charge in [0.2, 0.25) is 0 Å². The van der Waals surface area contributed by atoms with Gasteiger partial charge in [-0.15, -0.1) is 0 Å². The smallest absolute Gasteiger partial charge is 0.422 e. The van der Waals surface area contributed by atoms with Crippen LogP contribution in [0.5, 0.6) is 11.5 Å². The van der Waals surface area contributed by atoms with Crippen molar-refractivity contribution in [2.75, 3.05) is 13.7 Å². The number of hydrogen-bond acceptors (Lipinski definition) is 3. The lowest BCUT2D eigenvalue weighted by molar-refractivity contribution is -0.153. The van der Waals surface area contributed by atoms with Crippen LogP contribution in [0.25, 0.3) is 10.8 Å². The number of carboxylic acids is 1. The summed E-state index contributed by atoms with van der Waals surface area (Å²) in [4.78, 5) is 10.9. The molecule has 0 atom stereocenters. The van der Waals surface area contributed by atoms with Crippen molar-refractivity contribution >= 4 is 16.7 Å². The molecule has 7 heteroatoms. The summed E-state index contributed by atoms with van der Waals surface area (Å²) in [7, 11) is 1.31. The van der Waals surface area contributed by atoms with Crippen molar-refractivity contribution in [1.82, 2.24) is 0 Å². The first-order valence-corrected chi connectivity index (χ1v) is 5.85. The van der Waals surface area contributed by atoms with E-state index in [0.717, 1.165) is 0 Å². The van der Waals surface area contributed by atoms with Gasteiger partial charge >= 0.3 is 12.1 Å². The van der Waals surface area contributed by atoms with Gasteiger partial charge in [-0.2, -0.15) is 13.2 Å². The molecule has 1 N–H and O–H groups in total. The first kappa shape index (κ1) is 15.0. The highest BCUT2D eigenvalue weighted by Gasteiger charge is 2.29. The number of methoxy groups -OCH3 is 1. The Morgan fingerprint density at radius 2 is 1.95 bits per heavy atom. The fourth-order valence-corrected chi connectivity index (χ4v) is 1.88. The summed E-state index contributed by atoms with van der Waals surface area (Å²) in [6, 6.07) is 7.04. The van der Waals surface area contributed by atoms with Crippen LogP contribution < -0.4 is 9.47 Å². The van der Waals surface area contributed by atoms with Crippen LogP contribution >= 0.6 is 0 Å². The number of carboxylic acid groups (broad SMARTS) is 1. The summed E-state index contributed by atoms with van der Waals surface area (Å²) in [6.45, 7) is -1.46. The minimum atomic E-state index is -4.48. The fourth-order valence-electron chi connectivity index (χ4n) is 1.88. The summed E-state index contributed by atoms with van der Waals surface area (Å²) >= 11 is 0. The molecule has 0 saturated heterocycles. The molecule has 0 amide bonds. The molecule has 2 rings (SSSR count). The van der Waals surface area contributed by atoms with Crippen LogP contribution in [0, 0.1) is 0 Å². The Balaban J connectivity index is 2.51. The standard InChI is InChI=1S/C14H11F3O4/c1-20-11-5-3-8-6-9(13(18)19)2-4-10(8)12(11)21-7-14(15,16)17/h2-6H,7H2,1H3,(H,18,19). The number of ether oxygens (including phenoxy) is 2. The third-order valence-corrected chi connectivity index (χ3v) is 2.78. The number of hydrogen-bond donors (Lipinski definition) is 1. The molecule has 112 valence electrons. The number of benzene rings is 2. The lowest BCUT2D eigenvalue weighted by Crippen LogP contribution is -2.19. The zero-order valence-electron chi connectivity index (χ0n) is 10.9. The molecular formula is C14H11F3O4. The van der Waals surface area contributed by atoms with E-state index in [2.05, 4.69) is 0 Å². The number of halogens is 3. The van der Waals surface area contributed by atoms with Crippen molar-refractivity contribution in [3.8, 4) is 11.5 Å². The number of fused-ring (bicyclic) bond motifs is 1. The number of rotatable bonds is 4. The van der Waals surface area contributed by atoms with E-state index in [0.29, 0.717) is 10.8 Å². The average Bonchev–Trinajstić information content (AvgIpc) is 2.42. The van der Waals surface area contributed by atoms with Crippen LogP contribution in [0.2, 0.25) is 0 Å². The monoisotopic (exact) mass is 300 g/mol. The lowest BCUT2D eigenvalue weighted by atomic mass is 10.1. The van der Waals surface area contributed by atoms with E-state index in [4.69, 9.17) is 14.6 Å². The second-order valence-corrected chi connectivity index (χ2v) is 4.24. The van der Waals surface area contributed by atoms with Crippen molar-refractivity contribution in [2.24, 2.45) is 0 Å². The molecule has 0 fully saturated rings. The normalized spacial score (nSPS) is 11.4. The Hall–Kier alpha value is -2.44. The van der Waals surface area contributed by atoms with Gasteiger partial charge in [-0.1, -0.05) is 6.07 Å². The summed E-state index contributed by atoms with van der Waals surface area (Å²) < 4.78 is 46.7. The van der Waals surface area contributed by atoms with Gasteiger partial charge in [0.05, 0.1) is 12.7 Å². The highest BCUT2D eigenvalue weighted by molar-refractivity contribution is 5.97. The van der Waals surface area contributed by atoms with E-state index >= 15 is 0 Å². The maximum Gasteiger partial charge on any atom is 0.422 e. The van der Waals surface area contributed by atoms with Crippen molar-refractivity contribution in [1.29, 1.82) is 0 Å². The molecule has 0 aromatic heterocycles. The Morgan fingerprint density at radius 3 is 2.52 bits per heavy atom. The third-order valence-electron chi connectivity index (χ3n) is 2.78. The SMILES string of the molecule is COc1ccc2cc(C(=O)O)ccc2c1OCC(F)(F)F. The summed E-state index contributed by atoms with van der Waals surface area (Å²) in [5, 5.41) is 9.72. The van der Waals surface area contributed by atoms with Crippen molar-refractivity contribution < 1.29 is 32.5 Å². The molecule has 2 aromatic carbocycles. The van der Waals surface area contributed by atoms with E-state index in [9.17, 15) is 18.0 Å². The van der Waals surface area contributed by atoms with Gasteiger partial charge in [0, 0.05) is 5.39 Å². The molecule has 4 nitrogen and oxygen atoms in total. The van der Waals surface area contributed by atoms with Crippen LogP contribution in [-0.2, 0) is 0 Å². The second-order valence-electron chi connectivity index (χ2n) is 4.24. The first-order valence-electron chi connectivity index (χ1n) is 5.85. The van der Waals surface area contributed by atoms with Crippen LogP contribution in [0.4, 0.5) is 13.2 Å². The number of aromatic carboxylic acids is 1. The largest absolute Gasteiger partial charge is 0.493 e. The minimum Gasteiger partial charge on any atom is -0.493 e. The Kier molecular flexibility index (Phi) is 3.93. The summed E-state index contributed by atoms with van der Waals surface area (Å²) in [5.74, 6) is -1.04. The number of carbonyl (C=O) groups is 1. The maximum atomic E-state index is 12.3. The van der Waals surface area contributed by atoms with Crippen molar-refractivity contribution in [3.05, 3.63) is 35.9 Å². The summed E-state index contributed by atoms with van der Waals surface area (Å²) in [6.07, 6.45) is -4.48. The van der Waals surface area contributed by atoms with Crippen LogP contribution in [0.3, 0.4) is 0 Å². The zero-order valence-corrected chi connectivity index (χ0v) is 10.9. The van der Waals surface area contributed by atoms with Gasteiger partial charge in [-0.25, -0.2) is 4.79 Å². The molecule has 0 radical (unpaired) electrons. The van der Waals surface area contributed by atoms with Gasteiger partial charge in [-0.05, 0) is 29.7 Å². The van der Waals surface area contributed by atoms with Gasteiger partial charge < -0.3 is 14.6 Å². The quantitative estimate of drug-likeness (QED) is 0.939.